The number of ether oxygens (including phenoxy) is 3. The third-order valence-electron chi connectivity index (χ3n) is 3.65. The molecule has 0 saturated carbocycles. The molecule has 0 aromatic heterocycles. The Kier molecular flexibility index (Phi) is 6.15. The van der Waals surface area contributed by atoms with Crippen LogP contribution in [0, 0.1) is 5.92 Å². The van der Waals surface area contributed by atoms with Crippen molar-refractivity contribution in [2.45, 2.75) is 26.3 Å². The molecule has 4 heteroatoms. The highest BCUT2D eigenvalue weighted by atomic mass is 16.5. The summed E-state index contributed by atoms with van der Waals surface area (Å²) >= 11 is 0. The molecule has 0 radical (unpaired) electrons. The summed E-state index contributed by atoms with van der Waals surface area (Å²) in [5.41, 5.74) is 0. The van der Waals surface area contributed by atoms with E-state index >= 15 is 0 Å². The Bertz CT molecular complexity index is 391. The second-order valence-electron chi connectivity index (χ2n) is 5.09. The van der Waals surface area contributed by atoms with Crippen molar-refractivity contribution in [1.82, 2.24) is 5.32 Å². The Morgan fingerprint density at radius 2 is 2.05 bits per heavy atom. The van der Waals surface area contributed by atoms with E-state index in [1.165, 1.54) is 0 Å². The summed E-state index contributed by atoms with van der Waals surface area (Å²) in [7, 11) is 0. The molecule has 0 spiro atoms. The summed E-state index contributed by atoms with van der Waals surface area (Å²) in [6.45, 7) is 8.09. The van der Waals surface area contributed by atoms with E-state index in [1.807, 2.05) is 31.2 Å². The van der Waals surface area contributed by atoms with Crippen molar-refractivity contribution >= 4 is 0 Å². The maximum atomic E-state index is 5.78. The van der Waals surface area contributed by atoms with E-state index in [0.29, 0.717) is 25.2 Å². The summed E-state index contributed by atoms with van der Waals surface area (Å²) in [5, 5.41) is 3.50. The van der Waals surface area contributed by atoms with Gasteiger partial charge in [0, 0.05) is 19.2 Å². The molecule has 112 valence electrons. The maximum Gasteiger partial charge on any atom is 0.161 e. The molecule has 2 rings (SSSR count). The molecule has 1 aliphatic heterocycles. The van der Waals surface area contributed by atoms with Gasteiger partial charge < -0.3 is 19.5 Å². The van der Waals surface area contributed by atoms with E-state index in [0.717, 1.165) is 37.7 Å². The van der Waals surface area contributed by atoms with E-state index in [2.05, 4.69) is 12.2 Å². The molecule has 20 heavy (non-hydrogen) atoms. The van der Waals surface area contributed by atoms with Crippen LogP contribution in [0.25, 0.3) is 0 Å². The molecule has 2 atom stereocenters. The average molecular weight is 279 g/mol. The Balaban J connectivity index is 1.70. The van der Waals surface area contributed by atoms with Gasteiger partial charge in [-0.05, 0) is 38.3 Å². The summed E-state index contributed by atoms with van der Waals surface area (Å²) < 4.78 is 16.7. The Morgan fingerprint density at radius 3 is 2.70 bits per heavy atom. The first-order valence-corrected chi connectivity index (χ1v) is 7.47. The fourth-order valence-electron chi connectivity index (χ4n) is 2.41. The number of nitrogens with one attached hydrogen (secondary N) is 1. The van der Waals surface area contributed by atoms with Crippen LogP contribution in [0.4, 0.5) is 0 Å². The SMILES string of the molecule is CCOc1ccccc1OCCNC(C)C1CCOC1. The first-order chi connectivity index (χ1) is 9.81. The zero-order valence-corrected chi connectivity index (χ0v) is 12.4. The van der Waals surface area contributed by atoms with E-state index in [9.17, 15) is 0 Å². The molecule has 1 N–H and O–H groups in total. The van der Waals surface area contributed by atoms with Gasteiger partial charge >= 0.3 is 0 Å². The van der Waals surface area contributed by atoms with Gasteiger partial charge in [-0.25, -0.2) is 0 Å². The van der Waals surface area contributed by atoms with Crippen molar-refractivity contribution in [2.75, 3.05) is 33.0 Å². The molecular formula is C16H25NO3. The zero-order valence-electron chi connectivity index (χ0n) is 12.4. The van der Waals surface area contributed by atoms with Crippen LogP contribution in [0.2, 0.25) is 0 Å². The van der Waals surface area contributed by atoms with E-state index in [1.54, 1.807) is 0 Å². The van der Waals surface area contributed by atoms with Gasteiger partial charge in [0.05, 0.1) is 13.2 Å². The molecule has 4 nitrogen and oxygen atoms in total. The van der Waals surface area contributed by atoms with Gasteiger partial charge in [0.2, 0.25) is 0 Å². The minimum absolute atomic E-state index is 0.475. The Labute approximate surface area is 121 Å². The molecule has 2 unspecified atom stereocenters. The van der Waals surface area contributed by atoms with Crippen LogP contribution in [0.15, 0.2) is 24.3 Å². The van der Waals surface area contributed by atoms with Crippen molar-refractivity contribution in [3.05, 3.63) is 24.3 Å². The summed E-state index contributed by atoms with van der Waals surface area (Å²) in [6, 6.07) is 8.27. The van der Waals surface area contributed by atoms with Gasteiger partial charge in [-0.2, -0.15) is 0 Å². The Morgan fingerprint density at radius 1 is 1.30 bits per heavy atom. The van der Waals surface area contributed by atoms with Crippen LogP contribution in [0.3, 0.4) is 0 Å². The number of para-hydroxylation sites is 2. The van der Waals surface area contributed by atoms with Gasteiger partial charge in [-0.3, -0.25) is 0 Å². The van der Waals surface area contributed by atoms with Gasteiger partial charge in [-0.15, -0.1) is 0 Å². The van der Waals surface area contributed by atoms with E-state index in [-0.39, 0.29) is 0 Å². The standard InChI is InChI=1S/C16H25NO3/c1-3-19-15-6-4-5-7-16(15)20-11-9-17-13(2)14-8-10-18-12-14/h4-7,13-14,17H,3,8-12H2,1-2H3. The van der Waals surface area contributed by atoms with Gasteiger partial charge in [0.1, 0.15) is 6.61 Å². The highest BCUT2D eigenvalue weighted by Crippen LogP contribution is 2.26. The molecule has 1 aromatic carbocycles. The van der Waals surface area contributed by atoms with Crippen molar-refractivity contribution in [3.63, 3.8) is 0 Å². The molecule has 0 amide bonds. The molecule has 0 aliphatic carbocycles. The second kappa shape index (κ2) is 8.12. The van der Waals surface area contributed by atoms with E-state index in [4.69, 9.17) is 14.2 Å². The first-order valence-electron chi connectivity index (χ1n) is 7.47. The molecule has 1 aliphatic rings. The molecular weight excluding hydrogens is 254 g/mol. The lowest BCUT2D eigenvalue weighted by molar-refractivity contribution is 0.177. The van der Waals surface area contributed by atoms with Crippen LogP contribution >= 0.6 is 0 Å². The minimum Gasteiger partial charge on any atom is -0.490 e. The number of benzene rings is 1. The lowest BCUT2D eigenvalue weighted by Gasteiger charge is -2.19. The van der Waals surface area contributed by atoms with Crippen molar-refractivity contribution in [1.29, 1.82) is 0 Å². The second-order valence-corrected chi connectivity index (χ2v) is 5.09. The largest absolute Gasteiger partial charge is 0.490 e. The van der Waals surface area contributed by atoms with Crippen molar-refractivity contribution < 1.29 is 14.2 Å². The third-order valence-corrected chi connectivity index (χ3v) is 3.65. The van der Waals surface area contributed by atoms with Gasteiger partial charge in [-0.1, -0.05) is 12.1 Å². The van der Waals surface area contributed by atoms with Gasteiger partial charge in [0.15, 0.2) is 11.5 Å². The number of hydrogen-bond donors (Lipinski definition) is 1. The monoisotopic (exact) mass is 279 g/mol. The number of hydrogen-bond acceptors (Lipinski definition) is 4. The molecule has 1 aromatic rings. The fourth-order valence-corrected chi connectivity index (χ4v) is 2.41. The quantitative estimate of drug-likeness (QED) is 0.742. The topological polar surface area (TPSA) is 39.7 Å². The lowest BCUT2D eigenvalue weighted by Crippen LogP contribution is -2.36. The predicted octanol–water partition coefficient (Wildman–Crippen LogP) is 2.48. The average Bonchev–Trinajstić information content (AvgIpc) is 2.99. The van der Waals surface area contributed by atoms with Crippen LogP contribution in [-0.2, 0) is 4.74 Å². The highest BCUT2D eigenvalue weighted by molar-refractivity contribution is 5.39. The molecule has 1 fully saturated rings. The predicted molar refractivity (Wildman–Crippen MR) is 79.5 cm³/mol. The van der Waals surface area contributed by atoms with Gasteiger partial charge in [0.25, 0.3) is 0 Å². The van der Waals surface area contributed by atoms with Crippen LogP contribution < -0.4 is 14.8 Å². The lowest BCUT2D eigenvalue weighted by atomic mass is 10.0. The maximum absolute atomic E-state index is 5.78. The van der Waals surface area contributed by atoms with Crippen LogP contribution in [0.5, 0.6) is 11.5 Å². The smallest absolute Gasteiger partial charge is 0.161 e. The third kappa shape index (κ3) is 4.39. The van der Waals surface area contributed by atoms with Crippen LogP contribution in [0.1, 0.15) is 20.3 Å². The summed E-state index contributed by atoms with van der Waals surface area (Å²) in [5.74, 6) is 2.26. The molecule has 0 bridgehead atoms. The zero-order chi connectivity index (χ0) is 14.2. The molecule has 1 saturated heterocycles. The summed E-state index contributed by atoms with van der Waals surface area (Å²) in [4.78, 5) is 0. The van der Waals surface area contributed by atoms with Crippen LogP contribution in [-0.4, -0.2) is 39.0 Å². The first kappa shape index (κ1) is 15.1. The minimum atomic E-state index is 0.475. The fraction of sp³-hybridized carbons (Fsp3) is 0.625. The normalized spacial score (nSPS) is 19.8. The highest BCUT2D eigenvalue weighted by Gasteiger charge is 2.21. The van der Waals surface area contributed by atoms with Crippen molar-refractivity contribution in [3.8, 4) is 11.5 Å². The molecule has 1 heterocycles. The van der Waals surface area contributed by atoms with E-state index < -0.39 is 0 Å². The number of rotatable bonds is 8. The van der Waals surface area contributed by atoms with Crippen molar-refractivity contribution in [2.24, 2.45) is 5.92 Å². The summed E-state index contributed by atoms with van der Waals surface area (Å²) in [6.07, 6.45) is 1.15. The Hall–Kier alpha value is -1.26.